The summed E-state index contributed by atoms with van der Waals surface area (Å²) in [6.07, 6.45) is 4.99. The van der Waals surface area contributed by atoms with Gasteiger partial charge in [0.15, 0.2) is 0 Å². The number of anilines is 1. The van der Waals surface area contributed by atoms with Crippen molar-refractivity contribution in [1.29, 1.82) is 0 Å². The fourth-order valence-electron chi connectivity index (χ4n) is 3.93. The lowest BCUT2D eigenvalue weighted by atomic mass is 10.0. The number of nitrogens with zero attached hydrogens (tertiary/aromatic N) is 3. The molecular weight excluding hydrogens is 302 g/mol. The molecule has 2 saturated heterocycles. The van der Waals surface area contributed by atoms with Crippen LogP contribution < -0.4 is 14.4 Å². The third-order valence-corrected chi connectivity index (χ3v) is 4.90. The van der Waals surface area contributed by atoms with Gasteiger partial charge in [-0.25, -0.2) is 0 Å². The van der Waals surface area contributed by atoms with Crippen LogP contribution in [0.1, 0.15) is 6.42 Å². The van der Waals surface area contributed by atoms with E-state index in [9.17, 15) is 0 Å². The lowest BCUT2D eigenvalue weighted by Crippen LogP contribution is -2.40. The molecule has 2 aliphatic heterocycles. The van der Waals surface area contributed by atoms with E-state index in [4.69, 9.17) is 9.47 Å². The molecule has 0 aliphatic carbocycles. The van der Waals surface area contributed by atoms with E-state index in [0.29, 0.717) is 6.04 Å². The smallest absolute Gasteiger partial charge is 0.147 e. The number of methoxy groups -OCH3 is 1. The number of piperidine rings is 1. The van der Waals surface area contributed by atoms with Crippen LogP contribution in [0.5, 0.6) is 17.2 Å². The summed E-state index contributed by atoms with van der Waals surface area (Å²) in [5.74, 6) is 3.06. The minimum atomic E-state index is 0.586. The summed E-state index contributed by atoms with van der Waals surface area (Å²) >= 11 is 0. The van der Waals surface area contributed by atoms with Crippen LogP contribution in [0.15, 0.2) is 42.7 Å². The summed E-state index contributed by atoms with van der Waals surface area (Å²) in [5, 5.41) is 0. The van der Waals surface area contributed by atoms with Crippen LogP contribution >= 0.6 is 0 Å². The summed E-state index contributed by atoms with van der Waals surface area (Å²) in [5.41, 5.74) is 1.15. The van der Waals surface area contributed by atoms with Crippen molar-refractivity contribution < 1.29 is 9.47 Å². The first kappa shape index (κ1) is 15.3. The number of fused-ring (bicyclic) bond motifs is 2. The molecule has 24 heavy (non-hydrogen) atoms. The van der Waals surface area contributed by atoms with Gasteiger partial charge in [0.1, 0.15) is 17.2 Å². The first-order chi connectivity index (χ1) is 11.7. The van der Waals surface area contributed by atoms with Gasteiger partial charge in [-0.05, 0) is 31.5 Å². The summed E-state index contributed by atoms with van der Waals surface area (Å²) in [4.78, 5) is 9.31. The van der Waals surface area contributed by atoms with E-state index in [2.05, 4.69) is 27.9 Å². The highest BCUT2D eigenvalue weighted by molar-refractivity contribution is 5.51. The zero-order valence-electron chi connectivity index (χ0n) is 14.2. The molecule has 1 aromatic heterocycles. The van der Waals surface area contributed by atoms with Gasteiger partial charge in [-0.1, -0.05) is 6.07 Å². The minimum absolute atomic E-state index is 0.586. The molecule has 2 unspecified atom stereocenters. The Kier molecular flexibility index (Phi) is 4.02. The Morgan fingerprint density at radius 2 is 1.92 bits per heavy atom. The third-order valence-electron chi connectivity index (χ3n) is 4.90. The van der Waals surface area contributed by atoms with Gasteiger partial charge in [0, 0.05) is 37.8 Å². The number of likely N-dealkylation sites (N-methyl/N-ethyl adjacent to an activating group) is 1. The molecule has 0 N–H and O–H groups in total. The number of hydrogen-bond donors (Lipinski definition) is 0. The monoisotopic (exact) mass is 325 g/mol. The molecule has 2 fully saturated rings. The summed E-state index contributed by atoms with van der Waals surface area (Å²) in [6, 6.07) is 10.3. The highest BCUT2D eigenvalue weighted by Crippen LogP contribution is 2.35. The van der Waals surface area contributed by atoms with Gasteiger partial charge < -0.3 is 19.3 Å². The van der Waals surface area contributed by atoms with E-state index in [-0.39, 0.29) is 0 Å². The van der Waals surface area contributed by atoms with E-state index in [1.165, 1.54) is 13.0 Å². The Balaban J connectivity index is 1.53. The molecule has 5 heteroatoms. The Bertz CT molecular complexity index is 721. The Hall–Kier alpha value is -2.27. The summed E-state index contributed by atoms with van der Waals surface area (Å²) < 4.78 is 11.2. The zero-order valence-corrected chi connectivity index (χ0v) is 14.2. The third kappa shape index (κ3) is 3.04. The SMILES string of the molecule is COc1cccc(Oc2cncc(N3CC4CC3CN(C)C4)c2)c1. The minimum Gasteiger partial charge on any atom is -0.497 e. The molecule has 0 spiro atoms. The molecule has 2 aromatic rings. The van der Waals surface area contributed by atoms with E-state index < -0.39 is 0 Å². The quantitative estimate of drug-likeness (QED) is 0.864. The fraction of sp³-hybridized carbons (Fsp3) is 0.421. The highest BCUT2D eigenvalue weighted by Gasteiger charge is 2.37. The van der Waals surface area contributed by atoms with Crippen LogP contribution in [0.25, 0.3) is 0 Å². The number of hydrogen-bond acceptors (Lipinski definition) is 5. The normalized spacial score (nSPS) is 23.3. The molecule has 5 nitrogen and oxygen atoms in total. The van der Waals surface area contributed by atoms with E-state index in [1.807, 2.05) is 30.5 Å². The number of ether oxygens (including phenoxy) is 2. The molecule has 2 aliphatic rings. The maximum Gasteiger partial charge on any atom is 0.147 e. The number of rotatable bonds is 4. The molecule has 3 heterocycles. The van der Waals surface area contributed by atoms with Crippen molar-refractivity contribution in [3.05, 3.63) is 42.7 Å². The van der Waals surface area contributed by atoms with Crippen LogP contribution in [0.2, 0.25) is 0 Å². The van der Waals surface area contributed by atoms with Gasteiger partial charge in [0.2, 0.25) is 0 Å². The van der Waals surface area contributed by atoms with Crippen LogP contribution in [0, 0.1) is 5.92 Å². The van der Waals surface area contributed by atoms with Crippen molar-refractivity contribution in [3.8, 4) is 17.2 Å². The zero-order chi connectivity index (χ0) is 16.5. The molecule has 0 radical (unpaired) electrons. The largest absolute Gasteiger partial charge is 0.497 e. The van der Waals surface area contributed by atoms with Crippen LogP contribution in [0.3, 0.4) is 0 Å². The predicted molar refractivity (Wildman–Crippen MR) is 94.0 cm³/mol. The fourth-order valence-corrected chi connectivity index (χ4v) is 3.93. The topological polar surface area (TPSA) is 37.8 Å². The molecule has 2 bridgehead atoms. The van der Waals surface area contributed by atoms with E-state index in [0.717, 1.165) is 41.9 Å². The maximum atomic E-state index is 5.97. The second kappa shape index (κ2) is 6.32. The summed E-state index contributed by atoms with van der Waals surface area (Å²) in [6.45, 7) is 3.43. The van der Waals surface area contributed by atoms with Crippen LogP contribution in [0.4, 0.5) is 5.69 Å². The summed E-state index contributed by atoms with van der Waals surface area (Å²) in [7, 11) is 3.87. The second-order valence-electron chi connectivity index (χ2n) is 6.79. The van der Waals surface area contributed by atoms with Crippen molar-refractivity contribution in [2.24, 2.45) is 5.92 Å². The first-order valence-corrected chi connectivity index (χ1v) is 8.43. The van der Waals surface area contributed by atoms with Crippen molar-refractivity contribution in [3.63, 3.8) is 0 Å². The Morgan fingerprint density at radius 1 is 1.04 bits per heavy atom. The van der Waals surface area contributed by atoms with Gasteiger partial charge in [-0.15, -0.1) is 0 Å². The van der Waals surface area contributed by atoms with Gasteiger partial charge >= 0.3 is 0 Å². The highest BCUT2D eigenvalue weighted by atomic mass is 16.5. The maximum absolute atomic E-state index is 5.97. The average molecular weight is 325 g/mol. The van der Waals surface area contributed by atoms with E-state index in [1.54, 1.807) is 13.3 Å². The van der Waals surface area contributed by atoms with E-state index >= 15 is 0 Å². The standard InChI is InChI=1S/C19H23N3O2/c1-21-11-14-6-16(13-21)22(12-14)15-7-19(10-20-9-15)24-18-5-3-4-17(8-18)23-2/h3-5,7-10,14,16H,6,11-13H2,1-2H3. The Morgan fingerprint density at radius 3 is 2.79 bits per heavy atom. The van der Waals surface area contributed by atoms with Gasteiger partial charge in [-0.3, -0.25) is 4.98 Å². The lowest BCUT2D eigenvalue weighted by molar-refractivity contribution is 0.235. The number of benzene rings is 1. The number of pyridine rings is 1. The number of aromatic nitrogens is 1. The lowest BCUT2D eigenvalue weighted by Gasteiger charge is -2.30. The van der Waals surface area contributed by atoms with Crippen molar-refractivity contribution in [2.75, 3.05) is 38.7 Å². The molecule has 0 amide bonds. The predicted octanol–water partition coefficient (Wildman–Crippen LogP) is 3.02. The van der Waals surface area contributed by atoms with Gasteiger partial charge in [0.25, 0.3) is 0 Å². The second-order valence-corrected chi connectivity index (χ2v) is 6.79. The van der Waals surface area contributed by atoms with Crippen molar-refractivity contribution >= 4 is 5.69 Å². The van der Waals surface area contributed by atoms with Crippen molar-refractivity contribution in [1.82, 2.24) is 9.88 Å². The van der Waals surface area contributed by atoms with Crippen LogP contribution in [-0.2, 0) is 0 Å². The molecular formula is C19H23N3O2. The Labute approximate surface area is 142 Å². The average Bonchev–Trinajstić information content (AvgIpc) is 2.90. The number of likely N-dealkylation sites (tertiary alicyclic amines) is 1. The van der Waals surface area contributed by atoms with Gasteiger partial charge in [0.05, 0.1) is 25.2 Å². The molecule has 4 rings (SSSR count). The molecule has 2 atom stereocenters. The molecule has 126 valence electrons. The van der Waals surface area contributed by atoms with Crippen LogP contribution in [-0.4, -0.2) is 49.7 Å². The molecule has 0 saturated carbocycles. The van der Waals surface area contributed by atoms with Gasteiger partial charge in [-0.2, -0.15) is 0 Å². The first-order valence-electron chi connectivity index (χ1n) is 8.43. The van der Waals surface area contributed by atoms with Crippen molar-refractivity contribution in [2.45, 2.75) is 12.5 Å². The molecule has 1 aromatic carbocycles.